The molecule has 2 rings (SSSR count). The van der Waals surface area contributed by atoms with Crippen LogP contribution in [0.1, 0.15) is 22.7 Å². The average molecular weight is 310 g/mol. The third-order valence-electron chi connectivity index (χ3n) is 2.29. The van der Waals surface area contributed by atoms with Gasteiger partial charge in [-0.15, -0.1) is 0 Å². The standard InChI is InChI=1S/C11H4ClF4NO3/c12-4-2-5(13)3(1-6(4)14)10-17-7(9(15)16)8(20-10)11(18)19/h1-2,9H,(H,18,19). The molecular weight excluding hydrogens is 306 g/mol. The predicted molar refractivity (Wildman–Crippen MR) is 58.8 cm³/mol. The van der Waals surface area contributed by atoms with Crippen molar-refractivity contribution in [1.82, 2.24) is 4.98 Å². The lowest BCUT2D eigenvalue weighted by Gasteiger charge is -2.00. The smallest absolute Gasteiger partial charge is 0.374 e. The number of carbonyl (C=O) groups is 1. The van der Waals surface area contributed by atoms with E-state index in [1.807, 2.05) is 0 Å². The van der Waals surface area contributed by atoms with Gasteiger partial charge in [0.2, 0.25) is 11.7 Å². The van der Waals surface area contributed by atoms with E-state index in [9.17, 15) is 22.4 Å². The van der Waals surface area contributed by atoms with Crippen molar-refractivity contribution in [3.63, 3.8) is 0 Å². The minimum Gasteiger partial charge on any atom is -0.475 e. The maximum Gasteiger partial charge on any atom is 0.374 e. The first-order chi connectivity index (χ1) is 9.31. The van der Waals surface area contributed by atoms with Gasteiger partial charge in [0.15, 0.2) is 5.69 Å². The zero-order valence-electron chi connectivity index (χ0n) is 9.33. The number of rotatable bonds is 3. The van der Waals surface area contributed by atoms with Crippen LogP contribution < -0.4 is 0 Å². The minimum atomic E-state index is -3.24. The molecule has 1 aromatic heterocycles. The minimum absolute atomic E-state index is 0.523. The molecule has 2 aromatic rings. The Bertz CT molecular complexity index is 687. The number of aromatic nitrogens is 1. The van der Waals surface area contributed by atoms with E-state index in [-0.39, 0.29) is 0 Å². The number of carboxylic acid groups (broad SMARTS) is 1. The molecule has 0 saturated carbocycles. The van der Waals surface area contributed by atoms with Gasteiger partial charge in [0.25, 0.3) is 6.43 Å². The summed E-state index contributed by atoms with van der Waals surface area (Å²) in [4.78, 5) is 13.9. The van der Waals surface area contributed by atoms with Gasteiger partial charge in [0.05, 0.1) is 10.6 Å². The van der Waals surface area contributed by atoms with Crippen molar-refractivity contribution in [1.29, 1.82) is 0 Å². The molecule has 0 aliphatic heterocycles. The zero-order valence-corrected chi connectivity index (χ0v) is 10.1. The van der Waals surface area contributed by atoms with Crippen LogP contribution in [0.25, 0.3) is 11.5 Å². The van der Waals surface area contributed by atoms with Crippen molar-refractivity contribution in [2.24, 2.45) is 0 Å². The van der Waals surface area contributed by atoms with E-state index in [1.54, 1.807) is 0 Å². The Kier molecular flexibility index (Phi) is 3.67. The molecule has 1 heterocycles. The van der Waals surface area contributed by atoms with Crippen molar-refractivity contribution in [2.45, 2.75) is 6.43 Å². The molecule has 0 radical (unpaired) electrons. The normalized spacial score (nSPS) is 11.1. The molecular formula is C11H4ClF4NO3. The fourth-order valence-corrected chi connectivity index (χ4v) is 1.59. The number of benzene rings is 1. The number of aromatic carboxylic acids is 1. The fraction of sp³-hybridized carbons (Fsp3) is 0.0909. The molecule has 106 valence electrons. The molecule has 0 spiro atoms. The number of hydrogen-bond acceptors (Lipinski definition) is 3. The quantitative estimate of drug-likeness (QED) is 0.689. The van der Waals surface area contributed by atoms with Gasteiger partial charge in [-0.3, -0.25) is 0 Å². The summed E-state index contributed by atoms with van der Waals surface area (Å²) in [6, 6.07) is 1.17. The summed E-state index contributed by atoms with van der Waals surface area (Å²) in [5, 5.41) is 8.16. The Balaban J connectivity index is 2.62. The molecule has 0 amide bonds. The lowest BCUT2D eigenvalue weighted by atomic mass is 10.2. The van der Waals surface area contributed by atoms with Crippen LogP contribution in [0.2, 0.25) is 5.02 Å². The molecule has 1 aromatic carbocycles. The highest BCUT2D eigenvalue weighted by molar-refractivity contribution is 6.30. The fourth-order valence-electron chi connectivity index (χ4n) is 1.43. The first-order valence-electron chi connectivity index (χ1n) is 4.98. The molecule has 20 heavy (non-hydrogen) atoms. The van der Waals surface area contributed by atoms with E-state index in [0.29, 0.717) is 12.1 Å². The van der Waals surface area contributed by atoms with Crippen molar-refractivity contribution < 1.29 is 31.9 Å². The average Bonchev–Trinajstić information content (AvgIpc) is 2.78. The summed E-state index contributed by atoms with van der Waals surface area (Å²) in [6.45, 7) is 0. The number of carboxylic acids is 1. The zero-order chi connectivity index (χ0) is 15.0. The van der Waals surface area contributed by atoms with Crippen LogP contribution in [0.4, 0.5) is 17.6 Å². The Labute approximate surface area is 113 Å². The molecule has 9 heteroatoms. The molecule has 0 atom stereocenters. The second kappa shape index (κ2) is 5.12. The lowest BCUT2D eigenvalue weighted by Crippen LogP contribution is -1.99. The second-order valence-corrected chi connectivity index (χ2v) is 3.99. The molecule has 0 saturated heterocycles. The van der Waals surface area contributed by atoms with E-state index in [2.05, 4.69) is 9.40 Å². The van der Waals surface area contributed by atoms with E-state index >= 15 is 0 Å². The first kappa shape index (κ1) is 14.3. The predicted octanol–water partition coefficient (Wildman–Crippen LogP) is 3.91. The van der Waals surface area contributed by atoms with Crippen LogP contribution in [0.3, 0.4) is 0 Å². The highest BCUT2D eigenvalue weighted by Crippen LogP contribution is 2.31. The number of oxazole rings is 1. The number of hydrogen-bond donors (Lipinski definition) is 1. The Morgan fingerprint density at radius 1 is 1.30 bits per heavy atom. The van der Waals surface area contributed by atoms with Crippen LogP contribution in [0.15, 0.2) is 16.5 Å². The van der Waals surface area contributed by atoms with E-state index in [4.69, 9.17) is 16.7 Å². The van der Waals surface area contributed by atoms with Crippen molar-refractivity contribution >= 4 is 17.6 Å². The molecule has 0 aliphatic carbocycles. The van der Waals surface area contributed by atoms with Gasteiger partial charge in [0, 0.05) is 0 Å². The molecule has 0 aliphatic rings. The van der Waals surface area contributed by atoms with Crippen molar-refractivity contribution in [2.75, 3.05) is 0 Å². The van der Waals surface area contributed by atoms with Gasteiger partial charge in [-0.05, 0) is 12.1 Å². The van der Waals surface area contributed by atoms with Crippen molar-refractivity contribution in [3.8, 4) is 11.5 Å². The van der Waals surface area contributed by atoms with Gasteiger partial charge < -0.3 is 9.52 Å². The summed E-state index contributed by atoms with van der Waals surface area (Å²) in [6.07, 6.45) is -3.24. The SMILES string of the molecule is O=C(O)c1oc(-c2cc(F)c(Cl)cc2F)nc1C(F)F. The summed E-state index contributed by atoms with van der Waals surface area (Å²) in [5.74, 6) is -5.82. The highest BCUT2D eigenvalue weighted by Gasteiger charge is 2.28. The summed E-state index contributed by atoms with van der Waals surface area (Å²) >= 11 is 5.33. The van der Waals surface area contributed by atoms with Gasteiger partial charge >= 0.3 is 5.97 Å². The maximum absolute atomic E-state index is 13.6. The monoisotopic (exact) mass is 309 g/mol. The molecule has 0 fully saturated rings. The third kappa shape index (κ3) is 2.46. The second-order valence-electron chi connectivity index (χ2n) is 3.59. The molecule has 4 nitrogen and oxygen atoms in total. The molecule has 0 unspecified atom stereocenters. The number of alkyl halides is 2. The van der Waals surface area contributed by atoms with E-state index in [0.717, 1.165) is 0 Å². The highest BCUT2D eigenvalue weighted by atomic mass is 35.5. The van der Waals surface area contributed by atoms with Crippen LogP contribution in [0, 0.1) is 11.6 Å². The topological polar surface area (TPSA) is 63.3 Å². The molecule has 1 N–H and O–H groups in total. The molecule has 0 bridgehead atoms. The summed E-state index contributed by atoms with van der Waals surface area (Å²) in [7, 11) is 0. The van der Waals surface area contributed by atoms with Gasteiger partial charge in [-0.25, -0.2) is 27.3 Å². The number of halogens is 5. The van der Waals surface area contributed by atoms with Crippen LogP contribution >= 0.6 is 11.6 Å². The van der Waals surface area contributed by atoms with Crippen LogP contribution in [-0.4, -0.2) is 16.1 Å². The number of nitrogens with zero attached hydrogens (tertiary/aromatic N) is 1. The van der Waals surface area contributed by atoms with Crippen molar-refractivity contribution in [3.05, 3.63) is 40.2 Å². The maximum atomic E-state index is 13.6. The van der Waals surface area contributed by atoms with Gasteiger partial charge in [0.1, 0.15) is 11.6 Å². The van der Waals surface area contributed by atoms with Gasteiger partial charge in [-0.1, -0.05) is 11.6 Å². The van der Waals surface area contributed by atoms with Crippen LogP contribution in [-0.2, 0) is 0 Å². The Morgan fingerprint density at radius 2 is 1.95 bits per heavy atom. The summed E-state index contributed by atoms with van der Waals surface area (Å²) < 4.78 is 56.5. The lowest BCUT2D eigenvalue weighted by molar-refractivity contribution is 0.0646. The van der Waals surface area contributed by atoms with E-state index in [1.165, 1.54) is 0 Å². The third-order valence-corrected chi connectivity index (χ3v) is 2.58. The van der Waals surface area contributed by atoms with Crippen LogP contribution in [0.5, 0.6) is 0 Å². The largest absolute Gasteiger partial charge is 0.475 e. The van der Waals surface area contributed by atoms with Gasteiger partial charge in [-0.2, -0.15) is 0 Å². The van der Waals surface area contributed by atoms with E-state index < -0.39 is 52.0 Å². The first-order valence-corrected chi connectivity index (χ1v) is 5.36. The Hall–Kier alpha value is -2.09. The summed E-state index contributed by atoms with van der Waals surface area (Å²) in [5.41, 5.74) is -1.77. The Morgan fingerprint density at radius 3 is 2.45 bits per heavy atom.